The molecule has 0 aromatic heterocycles. The molecular formula is C11H20N2O2. The SMILES string of the molecule is NCC1CCC(C(=O)NC2CCCC2)O1. The smallest absolute Gasteiger partial charge is 0.249 e. The van der Waals surface area contributed by atoms with Gasteiger partial charge in [-0.15, -0.1) is 0 Å². The molecule has 0 radical (unpaired) electrons. The zero-order chi connectivity index (χ0) is 10.7. The summed E-state index contributed by atoms with van der Waals surface area (Å²) in [7, 11) is 0. The van der Waals surface area contributed by atoms with E-state index in [0.717, 1.165) is 25.7 Å². The van der Waals surface area contributed by atoms with Gasteiger partial charge in [-0.25, -0.2) is 0 Å². The lowest BCUT2D eigenvalue weighted by molar-refractivity contribution is -0.132. The largest absolute Gasteiger partial charge is 0.364 e. The number of hydrogen-bond donors (Lipinski definition) is 2. The zero-order valence-corrected chi connectivity index (χ0v) is 9.08. The van der Waals surface area contributed by atoms with Gasteiger partial charge in [0.25, 0.3) is 0 Å². The first-order valence-electron chi connectivity index (χ1n) is 5.95. The Morgan fingerprint density at radius 2 is 2.00 bits per heavy atom. The molecule has 0 spiro atoms. The summed E-state index contributed by atoms with van der Waals surface area (Å²) in [5.74, 6) is 0.0675. The summed E-state index contributed by atoms with van der Waals surface area (Å²) in [4.78, 5) is 11.8. The van der Waals surface area contributed by atoms with Crippen molar-refractivity contribution in [3.8, 4) is 0 Å². The summed E-state index contributed by atoms with van der Waals surface area (Å²) >= 11 is 0. The molecule has 2 fully saturated rings. The van der Waals surface area contributed by atoms with Crippen LogP contribution in [0.3, 0.4) is 0 Å². The lowest BCUT2D eigenvalue weighted by Gasteiger charge is -2.16. The van der Waals surface area contributed by atoms with E-state index < -0.39 is 0 Å². The standard InChI is InChI=1S/C11H20N2O2/c12-7-9-5-6-10(15-9)11(14)13-8-3-1-2-4-8/h8-10H,1-7,12H2,(H,13,14). The number of rotatable bonds is 3. The van der Waals surface area contributed by atoms with E-state index in [1.165, 1.54) is 12.8 Å². The van der Waals surface area contributed by atoms with Gasteiger partial charge in [0.2, 0.25) is 5.91 Å². The molecule has 0 aromatic carbocycles. The van der Waals surface area contributed by atoms with E-state index in [1.807, 2.05) is 0 Å². The predicted molar refractivity (Wildman–Crippen MR) is 57.3 cm³/mol. The fourth-order valence-electron chi connectivity index (χ4n) is 2.44. The first kappa shape index (κ1) is 10.9. The number of ether oxygens (including phenoxy) is 1. The van der Waals surface area contributed by atoms with Crippen LogP contribution in [0.25, 0.3) is 0 Å². The minimum Gasteiger partial charge on any atom is -0.364 e. The van der Waals surface area contributed by atoms with Crippen LogP contribution in [-0.2, 0) is 9.53 Å². The molecule has 1 aliphatic heterocycles. The van der Waals surface area contributed by atoms with Gasteiger partial charge in [0.05, 0.1) is 6.10 Å². The van der Waals surface area contributed by atoms with Gasteiger partial charge in [-0.1, -0.05) is 12.8 Å². The summed E-state index contributed by atoms with van der Waals surface area (Å²) in [6, 6.07) is 0.387. The highest BCUT2D eigenvalue weighted by molar-refractivity contribution is 5.81. The average Bonchev–Trinajstić information content (AvgIpc) is 2.86. The number of nitrogens with one attached hydrogen (secondary N) is 1. The minimum atomic E-state index is -0.251. The van der Waals surface area contributed by atoms with Crippen molar-refractivity contribution in [1.82, 2.24) is 5.32 Å². The normalized spacial score (nSPS) is 32.1. The third-order valence-electron chi connectivity index (χ3n) is 3.36. The van der Waals surface area contributed by atoms with E-state index in [4.69, 9.17) is 10.5 Å². The molecule has 1 aliphatic carbocycles. The molecule has 0 bridgehead atoms. The monoisotopic (exact) mass is 212 g/mol. The van der Waals surface area contributed by atoms with Gasteiger partial charge in [-0.05, 0) is 25.7 Å². The van der Waals surface area contributed by atoms with Crippen LogP contribution in [0.1, 0.15) is 38.5 Å². The summed E-state index contributed by atoms with van der Waals surface area (Å²) in [6.45, 7) is 0.521. The first-order valence-corrected chi connectivity index (χ1v) is 5.95. The Balaban J connectivity index is 1.76. The Morgan fingerprint density at radius 3 is 2.60 bits per heavy atom. The second-order valence-corrected chi connectivity index (χ2v) is 4.55. The molecule has 1 saturated carbocycles. The van der Waals surface area contributed by atoms with Gasteiger partial charge in [0.1, 0.15) is 6.10 Å². The first-order chi connectivity index (χ1) is 7.29. The van der Waals surface area contributed by atoms with E-state index in [1.54, 1.807) is 0 Å². The van der Waals surface area contributed by atoms with Crippen molar-refractivity contribution in [3.05, 3.63) is 0 Å². The molecule has 2 rings (SSSR count). The summed E-state index contributed by atoms with van der Waals surface area (Å²) in [5, 5.41) is 3.06. The molecule has 0 aromatic rings. The number of hydrogen-bond acceptors (Lipinski definition) is 3. The minimum absolute atomic E-state index is 0.0675. The highest BCUT2D eigenvalue weighted by Crippen LogP contribution is 2.21. The zero-order valence-electron chi connectivity index (χ0n) is 9.08. The van der Waals surface area contributed by atoms with Gasteiger partial charge < -0.3 is 15.8 Å². The van der Waals surface area contributed by atoms with Crippen LogP contribution in [0.2, 0.25) is 0 Å². The Bertz CT molecular complexity index is 227. The third kappa shape index (κ3) is 2.69. The van der Waals surface area contributed by atoms with E-state index in [2.05, 4.69) is 5.32 Å². The molecule has 1 saturated heterocycles. The van der Waals surface area contributed by atoms with Crippen LogP contribution in [-0.4, -0.2) is 30.7 Å². The van der Waals surface area contributed by atoms with Crippen molar-refractivity contribution in [2.24, 2.45) is 5.73 Å². The second kappa shape index (κ2) is 4.94. The highest BCUT2D eigenvalue weighted by atomic mass is 16.5. The summed E-state index contributed by atoms with van der Waals surface area (Å²) < 4.78 is 5.55. The number of amides is 1. The lowest BCUT2D eigenvalue weighted by atomic mass is 10.1. The van der Waals surface area contributed by atoms with Crippen molar-refractivity contribution in [3.63, 3.8) is 0 Å². The van der Waals surface area contributed by atoms with Crippen molar-refractivity contribution in [2.45, 2.75) is 56.8 Å². The number of carbonyl (C=O) groups is 1. The van der Waals surface area contributed by atoms with Gasteiger partial charge >= 0.3 is 0 Å². The van der Waals surface area contributed by atoms with Gasteiger partial charge in [-0.3, -0.25) is 4.79 Å². The topological polar surface area (TPSA) is 64.4 Å². The molecule has 4 nitrogen and oxygen atoms in total. The second-order valence-electron chi connectivity index (χ2n) is 4.55. The predicted octanol–water partition coefficient (Wildman–Crippen LogP) is 0.551. The van der Waals surface area contributed by atoms with Crippen molar-refractivity contribution >= 4 is 5.91 Å². The number of carbonyl (C=O) groups excluding carboxylic acids is 1. The molecule has 86 valence electrons. The maximum absolute atomic E-state index is 11.8. The van der Waals surface area contributed by atoms with Crippen LogP contribution in [0, 0.1) is 0 Å². The third-order valence-corrected chi connectivity index (χ3v) is 3.36. The van der Waals surface area contributed by atoms with Crippen LogP contribution >= 0.6 is 0 Å². The fourth-order valence-corrected chi connectivity index (χ4v) is 2.44. The van der Waals surface area contributed by atoms with Gasteiger partial charge in [0.15, 0.2) is 0 Å². The van der Waals surface area contributed by atoms with E-state index >= 15 is 0 Å². The van der Waals surface area contributed by atoms with Crippen LogP contribution in [0.5, 0.6) is 0 Å². The molecule has 2 atom stereocenters. The van der Waals surface area contributed by atoms with Crippen molar-refractivity contribution < 1.29 is 9.53 Å². The van der Waals surface area contributed by atoms with Gasteiger partial charge in [0, 0.05) is 12.6 Å². The van der Waals surface area contributed by atoms with E-state index in [9.17, 15) is 4.79 Å². The fraction of sp³-hybridized carbons (Fsp3) is 0.909. The van der Waals surface area contributed by atoms with Crippen molar-refractivity contribution in [1.29, 1.82) is 0 Å². The van der Waals surface area contributed by atoms with E-state index in [0.29, 0.717) is 12.6 Å². The molecule has 4 heteroatoms. The summed E-state index contributed by atoms with van der Waals surface area (Å²) in [6.07, 6.45) is 6.30. The molecule has 1 amide bonds. The Morgan fingerprint density at radius 1 is 1.27 bits per heavy atom. The quantitative estimate of drug-likeness (QED) is 0.718. The highest BCUT2D eigenvalue weighted by Gasteiger charge is 2.31. The van der Waals surface area contributed by atoms with Crippen LogP contribution < -0.4 is 11.1 Å². The average molecular weight is 212 g/mol. The van der Waals surface area contributed by atoms with E-state index in [-0.39, 0.29) is 18.1 Å². The Kier molecular flexibility index (Phi) is 3.59. The van der Waals surface area contributed by atoms with Crippen LogP contribution in [0.15, 0.2) is 0 Å². The molecule has 2 unspecified atom stereocenters. The Hall–Kier alpha value is -0.610. The molecule has 1 heterocycles. The van der Waals surface area contributed by atoms with Gasteiger partial charge in [-0.2, -0.15) is 0 Å². The number of nitrogens with two attached hydrogens (primary N) is 1. The molecule has 3 N–H and O–H groups in total. The molecule has 2 aliphatic rings. The Labute approximate surface area is 90.5 Å². The summed E-state index contributed by atoms with van der Waals surface area (Å²) in [5.41, 5.74) is 5.50. The maximum atomic E-state index is 11.8. The molecule has 15 heavy (non-hydrogen) atoms. The van der Waals surface area contributed by atoms with Crippen molar-refractivity contribution in [2.75, 3.05) is 6.54 Å². The van der Waals surface area contributed by atoms with Crippen LogP contribution in [0.4, 0.5) is 0 Å². The lowest BCUT2D eigenvalue weighted by Crippen LogP contribution is -2.40. The molecular weight excluding hydrogens is 192 g/mol. The maximum Gasteiger partial charge on any atom is 0.249 e.